The summed E-state index contributed by atoms with van der Waals surface area (Å²) < 4.78 is 0. The van der Waals surface area contributed by atoms with Crippen LogP contribution >= 0.6 is 0 Å². The molecule has 110 valence electrons. The van der Waals surface area contributed by atoms with Gasteiger partial charge in [-0.2, -0.15) is 0 Å². The van der Waals surface area contributed by atoms with Crippen molar-refractivity contribution in [1.29, 1.82) is 0 Å². The third-order valence-corrected chi connectivity index (χ3v) is 4.59. The predicted octanol–water partition coefficient (Wildman–Crippen LogP) is 2.20. The van der Waals surface area contributed by atoms with Crippen LogP contribution in [0.1, 0.15) is 38.2 Å². The first-order valence-electron chi connectivity index (χ1n) is 7.42. The molecule has 4 heteroatoms. The maximum Gasteiger partial charge on any atom is 0.230 e. The molecule has 1 saturated carbocycles. The van der Waals surface area contributed by atoms with Crippen molar-refractivity contribution >= 4 is 5.91 Å². The molecular formula is C16H25N3O. The molecule has 1 aliphatic carbocycles. The van der Waals surface area contributed by atoms with E-state index in [1.807, 2.05) is 24.1 Å². The Labute approximate surface area is 121 Å². The number of pyridine rings is 1. The zero-order valence-corrected chi connectivity index (χ0v) is 12.5. The number of rotatable bonds is 4. The summed E-state index contributed by atoms with van der Waals surface area (Å²) in [4.78, 5) is 18.6. The topological polar surface area (TPSA) is 59.2 Å². The number of hydrogen-bond acceptors (Lipinski definition) is 3. The third kappa shape index (κ3) is 3.18. The van der Waals surface area contributed by atoms with Crippen LogP contribution < -0.4 is 5.73 Å². The molecule has 0 aromatic carbocycles. The van der Waals surface area contributed by atoms with Crippen LogP contribution in [0.15, 0.2) is 24.5 Å². The molecule has 1 heterocycles. The van der Waals surface area contributed by atoms with Gasteiger partial charge in [0.15, 0.2) is 0 Å². The van der Waals surface area contributed by atoms with Crippen LogP contribution in [-0.2, 0) is 11.3 Å². The summed E-state index contributed by atoms with van der Waals surface area (Å²) in [6.45, 7) is 3.34. The van der Waals surface area contributed by atoms with Crippen LogP contribution in [0.3, 0.4) is 0 Å². The average Bonchev–Trinajstić information content (AvgIpc) is 2.49. The number of carbonyl (C=O) groups is 1. The Kier molecular flexibility index (Phi) is 4.76. The second-order valence-corrected chi connectivity index (χ2v) is 6.18. The number of carbonyl (C=O) groups excluding carboxylic acids is 1. The lowest BCUT2D eigenvalue weighted by Gasteiger charge is -2.39. The number of hydrogen-bond donors (Lipinski definition) is 1. The van der Waals surface area contributed by atoms with Crippen LogP contribution in [0, 0.1) is 11.3 Å². The maximum absolute atomic E-state index is 12.8. The van der Waals surface area contributed by atoms with Gasteiger partial charge in [-0.3, -0.25) is 9.78 Å². The summed E-state index contributed by atoms with van der Waals surface area (Å²) in [7, 11) is 1.87. The predicted molar refractivity (Wildman–Crippen MR) is 79.8 cm³/mol. The van der Waals surface area contributed by atoms with Crippen LogP contribution in [0.4, 0.5) is 0 Å². The van der Waals surface area contributed by atoms with E-state index in [0.29, 0.717) is 19.0 Å². The lowest BCUT2D eigenvalue weighted by atomic mass is 9.70. The summed E-state index contributed by atoms with van der Waals surface area (Å²) in [6.07, 6.45) is 7.57. The van der Waals surface area contributed by atoms with E-state index in [4.69, 9.17) is 5.73 Å². The van der Waals surface area contributed by atoms with Gasteiger partial charge in [-0.25, -0.2) is 0 Å². The highest BCUT2D eigenvalue weighted by molar-refractivity contribution is 5.83. The van der Waals surface area contributed by atoms with E-state index in [1.165, 1.54) is 0 Å². The fourth-order valence-electron chi connectivity index (χ4n) is 3.06. The first-order valence-corrected chi connectivity index (χ1v) is 7.42. The van der Waals surface area contributed by atoms with Crippen LogP contribution in [0.25, 0.3) is 0 Å². The standard InChI is InChI=1S/C16H25N3O/c1-13-3-7-16(12-17,8-4-13)15(20)19(2)11-14-5-9-18-10-6-14/h5-6,9-10,13H,3-4,7-8,11-12,17H2,1-2H3. The van der Waals surface area contributed by atoms with E-state index in [-0.39, 0.29) is 11.3 Å². The minimum Gasteiger partial charge on any atom is -0.341 e. The molecule has 1 amide bonds. The molecule has 20 heavy (non-hydrogen) atoms. The Bertz CT molecular complexity index is 438. The minimum atomic E-state index is -0.339. The van der Waals surface area contributed by atoms with Crippen molar-refractivity contribution in [3.63, 3.8) is 0 Å². The van der Waals surface area contributed by atoms with Gasteiger partial charge < -0.3 is 10.6 Å². The molecule has 4 nitrogen and oxygen atoms in total. The molecule has 1 aromatic heterocycles. The Morgan fingerprint density at radius 2 is 2.00 bits per heavy atom. The van der Waals surface area contributed by atoms with Crippen LogP contribution in [-0.4, -0.2) is 29.4 Å². The van der Waals surface area contributed by atoms with Crippen LogP contribution in [0.2, 0.25) is 0 Å². The fraction of sp³-hybridized carbons (Fsp3) is 0.625. The molecule has 0 unspecified atom stereocenters. The quantitative estimate of drug-likeness (QED) is 0.916. The second-order valence-electron chi connectivity index (χ2n) is 6.18. The molecule has 1 aliphatic rings. The number of aromatic nitrogens is 1. The largest absolute Gasteiger partial charge is 0.341 e. The van der Waals surface area contributed by atoms with Crippen molar-refractivity contribution in [2.45, 2.75) is 39.2 Å². The highest BCUT2D eigenvalue weighted by Gasteiger charge is 2.41. The van der Waals surface area contributed by atoms with Gasteiger partial charge in [0, 0.05) is 32.5 Å². The van der Waals surface area contributed by atoms with Gasteiger partial charge in [0.1, 0.15) is 0 Å². The van der Waals surface area contributed by atoms with E-state index in [2.05, 4.69) is 11.9 Å². The van der Waals surface area contributed by atoms with Gasteiger partial charge >= 0.3 is 0 Å². The van der Waals surface area contributed by atoms with E-state index < -0.39 is 0 Å². The highest BCUT2D eigenvalue weighted by Crippen LogP contribution is 2.39. The van der Waals surface area contributed by atoms with E-state index in [0.717, 1.165) is 31.2 Å². The molecule has 1 fully saturated rings. The monoisotopic (exact) mass is 275 g/mol. The van der Waals surface area contributed by atoms with Gasteiger partial charge in [-0.05, 0) is 49.3 Å². The SMILES string of the molecule is CC1CCC(CN)(C(=O)N(C)Cc2ccncc2)CC1. The molecule has 2 rings (SSSR count). The molecule has 1 aromatic rings. The lowest BCUT2D eigenvalue weighted by Crippen LogP contribution is -2.48. The molecule has 0 saturated heterocycles. The normalized spacial score (nSPS) is 26.2. The first-order chi connectivity index (χ1) is 9.57. The minimum absolute atomic E-state index is 0.198. The van der Waals surface area contributed by atoms with Crippen LogP contribution in [0.5, 0.6) is 0 Å². The Balaban J connectivity index is 2.05. The van der Waals surface area contributed by atoms with Crippen molar-refractivity contribution in [2.75, 3.05) is 13.6 Å². The van der Waals surface area contributed by atoms with E-state index >= 15 is 0 Å². The zero-order valence-electron chi connectivity index (χ0n) is 12.5. The van der Waals surface area contributed by atoms with Crippen molar-refractivity contribution in [3.8, 4) is 0 Å². The highest BCUT2D eigenvalue weighted by atomic mass is 16.2. The number of amides is 1. The van der Waals surface area contributed by atoms with Gasteiger partial charge in [0.05, 0.1) is 5.41 Å². The summed E-state index contributed by atoms with van der Waals surface area (Å²) in [5, 5.41) is 0. The van der Waals surface area contributed by atoms with Crippen molar-refractivity contribution in [3.05, 3.63) is 30.1 Å². The summed E-state index contributed by atoms with van der Waals surface area (Å²) in [5.41, 5.74) is 6.72. The zero-order chi connectivity index (χ0) is 14.6. The molecule has 2 N–H and O–H groups in total. The molecule has 0 spiro atoms. The van der Waals surface area contributed by atoms with Crippen molar-refractivity contribution in [2.24, 2.45) is 17.1 Å². The van der Waals surface area contributed by atoms with Gasteiger partial charge in [-0.15, -0.1) is 0 Å². The molecule has 0 atom stereocenters. The molecule has 0 radical (unpaired) electrons. The van der Waals surface area contributed by atoms with Crippen molar-refractivity contribution < 1.29 is 4.79 Å². The second kappa shape index (κ2) is 6.35. The molecule has 0 aliphatic heterocycles. The summed E-state index contributed by atoms with van der Waals surface area (Å²) in [5.74, 6) is 0.914. The number of nitrogens with two attached hydrogens (primary N) is 1. The molecule has 0 bridgehead atoms. The van der Waals surface area contributed by atoms with Crippen molar-refractivity contribution in [1.82, 2.24) is 9.88 Å². The first kappa shape index (κ1) is 15.0. The lowest BCUT2D eigenvalue weighted by molar-refractivity contribution is -0.143. The maximum atomic E-state index is 12.8. The smallest absolute Gasteiger partial charge is 0.230 e. The summed E-state index contributed by atoms with van der Waals surface area (Å²) in [6, 6.07) is 3.89. The van der Waals surface area contributed by atoms with E-state index in [9.17, 15) is 4.79 Å². The Morgan fingerprint density at radius 1 is 1.40 bits per heavy atom. The fourth-order valence-corrected chi connectivity index (χ4v) is 3.06. The summed E-state index contributed by atoms with van der Waals surface area (Å²) >= 11 is 0. The Morgan fingerprint density at radius 3 is 2.55 bits per heavy atom. The Hall–Kier alpha value is -1.42. The average molecular weight is 275 g/mol. The number of nitrogens with zero attached hydrogens (tertiary/aromatic N) is 2. The van der Waals surface area contributed by atoms with Gasteiger partial charge in [0.25, 0.3) is 0 Å². The third-order valence-electron chi connectivity index (χ3n) is 4.59. The van der Waals surface area contributed by atoms with Gasteiger partial charge in [-0.1, -0.05) is 6.92 Å². The van der Waals surface area contributed by atoms with E-state index in [1.54, 1.807) is 12.4 Å². The van der Waals surface area contributed by atoms with Gasteiger partial charge in [0.2, 0.25) is 5.91 Å². The molecular weight excluding hydrogens is 250 g/mol.